The zero-order valence-corrected chi connectivity index (χ0v) is 7.50. The number of hydrogen-bond donors (Lipinski definition) is 2. The van der Waals surface area contributed by atoms with Crippen molar-refractivity contribution in [1.29, 1.82) is 0 Å². The molecule has 0 aliphatic carbocycles. The van der Waals surface area contributed by atoms with Crippen LogP contribution in [0.15, 0.2) is 0 Å². The molecule has 1 atom stereocenters. The van der Waals surface area contributed by atoms with Crippen molar-refractivity contribution in [3.8, 4) is 0 Å². The zero-order chi connectivity index (χ0) is 9.07. The van der Waals surface area contributed by atoms with Gasteiger partial charge in [-0.2, -0.15) is 0 Å². The SMILES string of the molecule is CC(C)(C)OC(=O)C(O)CO.O. The van der Waals surface area contributed by atoms with Crippen LogP contribution in [-0.4, -0.2) is 40.0 Å². The van der Waals surface area contributed by atoms with Crippen LogP contribution in [-0.2, 0) is 9.53 Å². The molecule has 5 nitrogen and oxygen atoms in total. The molecule has 0 aromatic heterocycles. The van der Waals surface area contributed by atoms with Crippen LogP contribution in [0.3, 0.4) is 0 Å². The van der Waals surface area contributed by atoms with Gasteiger partial charge in [0.05, 0.1) is 6.61 Å². The van der Waals surface area contributed by atoms with E-state index in [9.17, 15) is 4.79 Å². The fraction of sp³-hybridized carbons (Fsp3) is 0.857. The average Bonchev–Trinajstić information content (AvgIpc) is 1.82. The van der Waals surface area contributed by atoms with Crippen molar-refractivity contribution >= 4 is 5.97 Å². The van der Waals surface area contributed by atoms with Crippen molar-refractivity contribution < 1.29 is 25.2 Å². The molecule has 0 radical (unpaired) electrons. The van der Waals surface area contributed by atoms with Crippen LogP contribution in [0.1, 0.15) is 20.8 Å². The normalized spacial score (nSPS) is 13.1. The van der Waals surface area contributed by atoms with Crippen molar-refractivity contribution in [2.24, 2.45) is 0 Å². The Bertz CT molecular complexity index is 137. The summed E-state index contributed by atoms with van der Waals surface area (Å²) in [6.45, 7) is 4.47. The lowest BCUT2D eigenvalue weighted by Gasteiger charge is -2.20. The lowest BCUT2D eigenvalue weighted by molar-refractivity contribution is -0.166. The van der Waals surface area contributed by atoms with E-state index in [2.05, 4.69) is 0 Å². The molecule has 0 aliphatic heterocycles. The fourth-order valence-electron chi connectivity index (χ4n) is 0.444. The van der Waals surface area contributed by atoms with E-state index in [4.69, 9.17) is 14.9 Å². The standard InChI is InChI=1S/C7H14O4.H2O/c1-7(2,3)11-6(10)5(9)4-8;/h5,8-9H,4H2,1-3H3;1H2. The third-order valence-electron chi connectivity index (χ3n) is 0.852. The molecular weight excluding hydrogens is 164 g/mol. The molecule has 0 bridgehead atoms. The number of rotatable bonds is 2. The molecule has 0 heterocycles. The molecular formula is C7H16O5. The molecule has 74 valence electrons. The summed E-state index contributed by atoms with van der Waals surface area (Å²) in [6, 6.07) is 0. The summed E-state index contributed by atoms with van der Waals surface area (Å²) in [6.07, 6.45) is -1.42. The number of ether oxygens (including phenoxy) is 1. The largest absolute Gasteiger partial charge is 0.458 e. The molecule has 0 aromatic rings. The van der Waals surface area contributed by atoms with Crippen LogP contribution in [0, 0.1) is 0 Å². The second kappa shape index (κ2) is 5.08. The smallest absolute Gasteiger partial charge is 0.337 e. The molecule has 0 saturated heterocycles. The van der Waals surface area contributed by atoms with Crippen molar-refractivity contribution in [2.75, 3.05) is 6.61 Å². The van der Waals surface area contributed by atoms with E-state index in [0.717, 1.165) is 0 Å². The molecule has 0 fully saturated rings. The predicted octanol–water partition coefficient (Wildman–Crippen LogP) is -1.14. The van der Waals surface area contributed by atoms with E-state index in [1.54, 1.807) is 20.8 Å². The number of hydrogen-bond acceptors (Lipinski definition) is 4. The minimum Gasteiger partial charge on any atom is -0.458 e. The number of aliphatic hydroxyl groups is 2. The highest BCUT2D eigenvalue weighted by Crippen LogP contribution is 2.07. The van der Waals surface area contributed by atoms with Crippen LogP contribution in [0.5, 0.6) is 0 Å². The summed E-state index contributed by atoms with van der Waals surface area (Å²) in [5, 5.41) is 17.1. The van der Waals surface area contributed by atoms with Gasteiger partial charge in [-0.1, -0.05) is 0 Å². The van der Waals surface area contributed by atoms with Gasteiger partial charge in [-0.25, -0.2) is 4.79 Å². The van der Waals surface area contributed by atoms with E-state index < -0.39 is 24.3 Å². The molecule has 4 N–H and O–H groups in total. The molecule has 5 heteroatoms. The van der Waals surface area contributed by atoms with Crippen molar-refractivity contribution in [2.45, 2.75) is 32.5 Å². The first-order chi connectivity index (χ1) is 4.87. The summed E-state index contributed by atoms with van der Waals surface area (Å²) in [4.78, 5) is 10.8. The minimum absolute atomic E-state index is 0. The van der Waals surface area contributed by atoms with Gasteiger partial charge in [0.15, 0.2) is 6.10 Å². The second-order valence-electron chi connectivity index (χ2n) is 3.23. The number of carbonyl (C=O) groups excluding carboxylic acids is 1. The van der Waals surface area contributed by atoms with Crippen molar-refractivity contribution in [1.82, 2.24) is 0 Å². The molecule has 0 spiro atoms. The molecule has 0 saturated carbocycles. The van der Waals surface area contributed by atoms with E-state index in [1.807, 2.05) is 0 Å². The monoisotopic (exact) mass is 180 g/mol. The molecule has 12 heavy (non-hydrogen) atoms. The summed E-state index contributed by atoms with van der Waals surface area (Å²) >= 11 is 0. The maximum atomic E-state index is 10.8. The van der Waals surface area contributed by atoms with E-state index in [0.29, 0.717) is 0 Å². The third kappa shape index (κ3) is 6.09. The summed E-state index contributed by atoms with van der Waals surface area (Å²) < 4.78 is 4.74. The van der Waals surface area contributed by atoms with Crippen LogP contribution >= 0.6 is 0 Å². The zero-order valence-electron chi connectivity index (χ0n) is 7.50. The first-order valence-electron chi connectivity index (χ1n) is 3.38. The number of carbonyl (C=O) groups is 1. The Morgan fingerprint density at radius 1 is 1.50 bits per heavy atom. The lowest BCUT2D eigenvalue weighted by atomic mass is 10.2. The van der Waals surface area contributed by atoms with Crippen LogP contribution < -0.4 is 0 Å². The summed E-state index contributed by atoms with van der Waals surface area (Å²) in [5.74, 6) is -0.792. The lowest BCUT2D eigenvalue weighted by Crippen LogP contribution is -2.33. The topological polar surface area (TPSA) is 98.3 Å². The molecule has 0 amide bonds. The minimum atomic E-state index is -1.42. The molecule has 0 aliphatic rings. The van der Waals surface area contributed by atoms with Gasteiger partial charge in [0.2, 0.25) is 0 Å². The first-order valence-corrected chi connectivity index (χ1v) is 3.38. The Kier molecular flexibility index (Phi) is 5.88. The maximum absolute atomic E-state index is 10.8. The van der Waals surface area contributed by atoms with Gasteiger partial charge >= 0.3 is 5.97 Å². The Morgan fingerprint density at radius 3 is 2.17 bits per heavy atom. The van der Waals surface area contributed by atoms with Crippen molar-refractivity contribution in [3.05, 3.63) is 0 Å². The quantitative estimate of drug-likeness (QED) is 0.524. The first kappa shape index (κ1) is 13.9. The van der Waals surface area contributed by atoms with Crippen LogP contribution in [0.25, 0.3) is 0 Å². The van der Waals surface area contributed by atoms with Gasteiger partial charge in [0.1, 0.15) is 5.60 Å². The van der Waals surface area contributed by atoms with Gasteiger partial charge in [-0.3, -0.25) is 0 Å². The maximum Gasteiger partial charge on any atom is 0.337 e. The predicted molar refractivity (Wildman–Crippen MR) is 42.6 cm³/mol. The van der Waals surface area contributed by atoms with Gasteiger partial charge in [0, 0.05) is 0 Å². The van der Waals surface area contributed by atoms with Gasteiger partial charge in [0.25, 0.3) is 0 Å². The average molecular weight is 180 g/mol. The van der Waals surface area contributed by atoms with Crippen LogP contribution in [0.2, 0.25) is 0 Å². The Labute approximate surface area is 71.3 Å². The number of aliphatic hydroxyl groups excluding tert-OH is 2. The van der Waals surface area contributed by atoms with Crippen LogP contribution in [0.4, 0.5) is 0 Å². The summed E-state index contributed by atoms with van der Waals surface area (Å²) in [7, 11) is 0. The highest BCUT2D eigenvalue weighted by Gasteiger charge is 2.21. The Morgan fingerprint density at radius 2 is 1.92 bits per heavy atom. The van der Waals surface area contributed by atoms with E-state index in [-0.39, 0.29) is 5.48 Å². The molecule has 0 rings (SSSR count). The Balaban J connectivity index is 0. The van der Waals surface area contributed by atoms with Crippen molar-refractivity contribution in [3.63, 3.8) is 0 Å². The van der Waals surface area contributed by atoms with E-state index >= 15 is 0 Å². The highest BCUT2D eigenvalue weighted by molar-refractivity contribution is 5.74. The summed E-state index contributed by atoms with van der Waals surface area (Å²) in [5.41, 5.74) is -0.618. The fourth-order valence-corrected chi connectivity index (χ4v) is 0.444. The molecule has 1 unspecified atom stereocenters. The van der Waals surface area contributed by atoms with E-state index in [1.165, 1.54) is 0 Å². The second-order valence-corrected chi connectivity index (χ2v) is 3.23. The van der Waals surface area contributed by atoms with Gasteiger partial charge in [-0.05, 0) is 20.8 Å². The van der Waals surface area contributed by atoms with Gasteiger partial charge < -0.3 is 20.4 Å². The third-order valence-corrected chi connectivity index (χ3v) is 0.852. The van der Waals surface area contributed by atoms with Gasteiger partial charge in [-0.15, -0.1) is 0 Å². The number of esters is 1. The highest BCUT2D eigenvalue weighted by atomic mass is 16.6. The molecule has 0 aromatic carbocycles. The Hall–Kier alpha value is -0.650.